The molecule has 1 N–H and O–H groups in total. The first-order valence-corrected chi connectivity index (χ1v) is 5.39. The van der Waals surface area contributed by atoms with Crippen LogP contribution in [0.2, 0.25) is 0 Å². The minimum atomic E-state index is -0.722. The Morgan fingerprint density at radius 1 is 1.67 bits per heavy atom. The number of rotatable bonds is 6. The van der Waals surface area contributed by atoms with E-state index in [1.54, 1.807) is 7.11 Å². The van der Waals surface area contributed by atoms with Crippen LogP contribution in [-0.4, -0.2) is 25.7 Å². The molecule has 0 radical (unpaired) electrons. The fraction of sp³-hybridized carbons (Fsp3) is 0.818. The van der Waals surface area contributed by atoms with Gasteiger partial charge >= 0.3 is 0 Å². The number of carbonyl (C=O) groups excluding carboxylic acids is 1. The summed E-state index contributed by atoms with van der Waals surface area (Å²) in [7, 11) is 1.62. The van der Waals surface area contributed by atoms with Crippen LogP contribution < -0.4 is 5.32 Å². The van der Waals surface area contributed by atoms with Gasteiger partial charge in [0.2, 0.25) is 5.91 Å². The SMILES string of the molecule is CCCC(COC)NC(=O)C1(C#N)CC1. The van der Waals surface area contributed by atoms with Crippen molar-refractivity contribution in [3.8, 4) is 6.07 Å². The first-order chi connectivity index (χ1) is 7.18. The molecule has 0 spiro atoms. The van der Waals surface area contributed by atoms with E-state index in [1.165, 1.54) is 0 Å². The third-order valence-corrected chi connectivity index (χ3v) is 2.74. The van der Waals surface area contributed by atoms with Gasteiger partial charge in [0.1, 0.15) is 5.41 Å². The molecule has 1 saturated carbocycles. The minimum Gasteiger partial charge on any atom is -0.383 e. The number of amides is 1. The summed E-state index contributed by atoms with van der Waals surface area (Å²) in [5.74, 6) is -0.125. The van der Waals surface area contributed by atoms with E-state index in [0.29, 0.717) is 19.4 Å². The molecule has 1 aliphatic rings. The molecule has 1 rings (SSSR count). The second-order valence-corrected chi connectivity index (χ2v) is 4.11. The fourth-order valence-electron chi connectivity index (χ4n) is 1.58. The van der Waals surface area contributed by atoms with Crippen molar-refractivity contribution < 1.29 is 9.53 Å². The second kappa shape index (κ2) is 5.13. The normalized spacial score (nSPS) is 19.0. The molecule has 1 fully saturated rings. The predicted octanol–water partition coefficient (Wildman–Crippen LogP) is 1.22. The van der Waals surface area contributed by atoms with Gasteiger partial charge in [0, 0.05) is 7.11 Å². The molecular formula is C11H18N2O2. The minimum absolute atomic E-state index is 0.0401. The largest absolute Gasteiger partial charge is 0.383 e. The molecule has 1 amide bonds. The van der Waals surface area contributed by atoms with Crippen molar-refractivity contribution in [2.45, 2.75) is 38.6 Å². The molecule has 15 heavy (non-hydrogen) atoms. The Labute approximate surface area is 90.6 Å². The van der Waals surface area contributed by atoms with Crippen molar-refractivity contribution in [2.75, 3.05) is 13.7 Å². The summed E-state index contributed by atoms with van der Waals surface area (Å²) in [6, 6.07) is 2.13. The van der Waals surface area contributed by atoms with Crippen molar-refractivity contribution in [2.24, 2.45) is 5.41 Å². The van der Waals surface area contributed by atoms with Crippen LogP contribution in [-0.2, 0) is 9.53 Å². The van der Waals surface area contributed by atoms with Gasteiger partial charge in [0.15, 0.2) is 0 Å². The first-order valence-electron chi connectivity index (χ1n) is 5.39. The van der Waals surface area contributed by atoms with Crippen LogP contribution in [0.25, 0.3) is 0 Å². The molecule has 0 bridgehead atoms. The molecule has 1 atom stereocenters. The third kappa shape index (κ3) is 2.93. The van der Waals surface area contributed by atoms with Gasteiger partial charge in [-0.1, -0.05) is 13.3 Å². The van der Waals surface area contributed by atoms with Crippen molar-refractivity contribution >= 4 is 5.91 Å². The van der Waals surface area contributed by atoms with E-state index < -0.39 is 5.41 Å². The number of nitriles is 1. The molecule has 0 heterocycles. The van der Waals surface area contributed by atoms with E-state index in [4.69, 9.17) is 10.00 Å². The molecule has 0 aliphatic heterocycles. The Bertz CT molecular complexity index is 260. The first kappa shape index (κ1) is 12.0. The lowest BCUT2D eigenvalue weighted by Gasteiger charge is -2.18. The van der Waals surface area contributed by atoms with Crippen LogP contribution >= 0.6 is 0 Å². The van der Waals surface area contributed by atoms with Gasteiger partial charge in [-0.25, -0.2) is 0 Å². The molecule has 4 heteroatoms. The van der Waals surface area contributed by atoms with Crippen LogP contribution in [0.3, 0.4) is 0 Å². The van der Waals surface area contributed by atoms with Crippen molar-refractivity contribution in [1.29, 1.82) is 5.26 Å². The Kier molecular flexibility index (Phi) is 4.10. The maximum Gasteiger partial charge on any atom is 0.240 e. The molecule has 0 aromatic rings. The fourth-order valence-corrected chi connectivity index (χ4v) is 1.58. The van der Waals surface area contributed by atoms with E-state index in [9.17, 15) is 4.79 Å². The standard InChI is InChI=1S/C11H18N2O2/c1-3-4-9(7-15-2)13-10(14)11(8-12)5-6-11/h9H,3-7H2,1-2H3,(H,13,14). The number of nitrogens with zero attached hydrogens (tertiary/aromatic N) is 1. The average molecular weight is 210 g/mol. The van der Waals surface area contributed by atoms with E-state index in [1.807, 2.05) is 0 Å². The lowest BCUT2D eigenvalue weighted by molar-refractivity contribution is -0.125. The zero-order valence-corrected chi connectivity index (χ0v) is 9.38. The zero-order valence-electron chi connectivity index (χ0n) is 9.38. The average Bonchev–Trinajstić information content (AvgIpc) is 2.99. The summed E-state index contributed by atoms with van der Waals surface area (Å²) >= 11 is 0. The number of carbonyl (C=O) groups is 1. The quantitative estimate of drug-likeness (QED) is 0.717. The molecule has 0 aromatic carbocycles. The maximum absolute atomic E-state index is 11.7. The van der Waals surface area contributed by atoms with E-state index >= 15 is 0 Å². The summed E-state index contributed by atoms with van der Waals surface area (Å²) in [4.78, 5) is 11.7. The second-order valence-electron chi connectivity index (χ2n) is 4.11. The highest BCUT2D eigenvalue weighted by Gasteiger charge is 2.50. The van der Waals surface area contributed by atoms with Gasteiger partial charge in [-0.05, 0) is 19.3 Å². The van der Waals surface area contributed by atoms with Crippen LogP contribution in [0.4, 0.5) is 0 Å². The molecule has 4 nitrogen and oxygen atoms in total. The molecular weight excluding hydrogens is 192 g/mol. The van der Waals surface area contributed by atoms with Crippen LogP contribution in [0, 0.1) is 16.7 Å². The van der Waals surface area contributed by atoms with Crippen molar-refractivity contribution in [1.82, 2.24) is 5.32 Å². The smallest absolute Gasteiger partial charge is 0.240 e. The Balaban J connectivity index is 2.44. The lowest BCUT2D eigenvalue weighted by atomic mass is 10.1. The molecule has 1 unspecified atom stereocenters. The van der Waals surface area contributed by atoms with Crippen LogP contribution in [0.1, 0.15) is 32.6 Å². The van der Waals surface area contributed by atoms with Crippen LogP contribution in [0.5, 0.6) is 0 Å². The van der Waals surface area contributed by atoms with Gasteiger partial charge < -0.3 is 10.1 Å². The monoisotopic (exact) mass is 210 g/mol. The summed E-state index contributed by atoms with van der Waals surface area (Å²) in [6.45, 7) is 2.58. The number of nitrogens with one attached hydrogen (secondary N) is 1. The predicted molar refractivity (Wildman–Crippen MR) is 56.0 cm³/mol. The number of methoxy groups -OCH3 is 1. The molecule has 0 aromatic heterocycles. The number of hydrogen-bond donors (Lipinski definition) is 1. The summed E-state index contributed by atoms with van der Waals surface area (Å²) in [6.07, 6.45) is 3.28. The third-order valence-electron chi connectivity index (χ3n) is 2.74. The van der Waals surface area contributed by atoms with Gasteiger partial charge in [-0.2, -0.15) is 5.26 Å². The van der Waals surface area contributed by atoms with Gasteiger partial charge in [-0.3, -0.25) is 4.79 Å². The van der Waals surface area contributed by atoms with Crippen LogP contribution in [0.15, 0.2) is 0 Å². The Morgan fingerprint density at radius 3 is 2.73 bits per heavy atom. The van der Waals surface area contributed by atoms with E-state index in [2.05, 4.69) is 18.3 Å². The van der Waals surface area contributed by atoms with Crippen molar-refractivity contribution in [3.05, 3.63) is 0 Å². The number of ether oxygens (including phenoxy) is 1. The molecule has 1 aliphatic carbocycles. The van der Waals surface area contributed by atoms with Gasteiger partial charge in [0.25, 0.3) is 0 Å². The number of hydrogen-bond acceptors (Lipinski definition) is 3. The molecule has 0 saturated heterocycles. The van der Waals surface area contributed by atoms with Gasteiger partial charge in [0.05, 0.1) is 18.7 Å². The Morgan fingerprint density at radius 2 is 2.33 bits per heavy atom. The highest BCUT2D eigenvalue weighted by Crippen LogP contribution is 2.45. The highest BCUT2D eigenvalue weighted by molar-refractivity contribution is 5.88. The van der Waals surface area contributed by atoms with E-state index in [0.717, 1.165) is 12.8 Å². The summed E-state index contributed by atoms with van der Waals surface area (Å²) < 4.78 is 5.03. The van der Waals surface area contributed by atoms with Crippen molar-refractivity contribution in [3.63, 3.8) is 0 Å². The maximum atomic E-state index is 11.7. The molecule has 84 valence electrons. The van der Waals surface area contributed by atoms with E-state index in [-0.39, 0.29) is 11.9 Å². The summed E-state index contributed by atoms with van der Waals surface area (Å²) in [5, 5.41) is 11.7. The van der Waals surface area contributed by atoms with Gasteiger partial charge in [-0.15, -0.1) is 0 Å². The topological polar surface area (TPSA) is 62.1 Å². The lowest BCUT2D eigenvalue weighted by Crippen LogP contribution is -2.41. The summed E-state index contributed by atoms with van der Waals surface area (Å²) in [5.41, 5.74) is -0.722. The Hall–Kier alpha value is -1.08. The zero-order chi connectivity index (χ0) is 11.3. The highest BCUT2D eigenvalue weighted by atomic mass is 16.5.